The Balaban J connectivity index is 2.72. The van der Waals surface area contributed by atoms with E-state index >= 15 is 0 Å². The van der Waals surface area contributed by atoms with Crippen molar-refractivity contribution in [1.82, 2.24) is 5.32 Å². The Bertz CT molecular complexity index is 632. The Morgan fingerprint density at radius 1 is 1.30 bits per heavy atom. The van der Waals surface area contributed by atoms with Crippen molar-refractivity contribution in [3.63, 3.8) is 0 Å². The monoisotopic (exact) mass is 360 g/mol. The smallest absolute Gasteiger partial charge is 0.232 e. The molecule has 0 spiro atoms. The Morgan fingerprint density at radius 3 is 2.57 bits per heavy atom. The lowest BCUT2D eigenvalue weighted by molar-refractivity contribution is -0.120. The van der Waals surface area contributed by atoms with Gasteiger partial charge in [-0.3, -0.25) is 9.10 Å². The fraction of sp³-hybridized carbons (Fsp3) is 0.562. The number of hydrogen-bond acceptors (Lipinski definition) is 3. The third kappa shape index (κ3) is 6.79. The Hall–Kier alpha value is -1.27. The zero-order valence-corrected chi connectivity index (χ0v) is 15.5. The first kappa shape index (κ1) is 19.8. The summed E-state index contributed by atoms with van der Waals surface area (Å²) in [6, 6.07) is 5.02. The maximum atomic E-state index is 12.0. The SMILES string of the molecule is CCCCCNC(=O)CCN(c1ccc(Cl)cc1C)S(C)(=O)=O. The summed E-state index contributed by atoms with van der Waals surface area (Å²) in [4.78, 5) is 11.9. The van der Waals surface area contributed by atoms with Crippen LogP contribution < -0.4 is 9.62 Å². The lowest BCUT2D eigenvalue weighted by atomic mass is 10.2. The van der Waals surface area contributed by atoms with E-state index in [9.17, 15) is 13.2 Å². The molecule has 0 atom stereocenters. The van der Waals surface area contributed by atoms with Gasteiger partial charge in [-0.25, -0.2) is 8.42 Å². The van der Waals surface area contributed by atoms with E-state index in [1.54, 1.807) is 25.1 Å². The molecule has 0 aliphatic carbocycles. The lowest BCUT2D eigenvalue weighted by Crippen LogP contribution is -2.35. The molecule has 130 valence electrons. The minimum atomic E-state index is -3.47. The largest absolute Gasteiger partial charge is 0.356 e. The summed E-state index contributed by atoms with van der Waals surface area (Å²) in [5, 5.41) is 3.37. The van der Waals surface area contributed by atoms with Crippen LogP contribution >= 0.6 is 11.6 Å². The van der Waals surface area contributed by atoms with E-state index in [1.807, 2.05) is 0 Å². The minimum Gasteiger partial charge on any atom is -0.356 e. The predicted molar refractivity (Wildman–Crippen MR) is 95.5 cm³/mol. The number of rotatable bonds is 9. The van der Waals surface area contributed by atoms with Gasteiger partial charge in [-0.2, -0.15) is 0 Å². The molecule has 0 aliphatic rings. The van der Waals surface area contributed by atoms with Gasteiger partial charge in [-0.1, -0.05) is 31.4 Å². The number of carbonyl (C=O) groups excluding carboxylic acids is 1. The van der Waals surface area contributed by atoms with Gasteiger partial charge in [0.2, 0.25) is 15.9 Å². The van der Waals surface area contributed by atoms with Crippen molar-refractivity contribution in [3.05, 3.63) is 28.8 Å². The summed E-state index contributed by atoms with van der Waals surface area (Å²) in [7, 11) is -3.47. The number of amides is 1. The van der Waals surface area contributed by atoms with Gasteiger partial charge in [0.25, 0.3) is 0 Å². The molecular weight excluding hydrogens is 336 g/mol. The van der Waals surface area contributed by atoms with Gasteiger partial charge in [0, 0.05) is 24.5 Å². The highest BCUT2D eigenvalue weighted by molar-refractivity contribution is 7.92. The fourth-order valence-corrected chi connectivity index (χ4v) is 3.47. The first-order valence-corrected chi connectivity index (χ1v) is 9.99. The van der Waals surface area contributed by atoms with Crippen molar-refractivity contribution in [2.75, 3.05) is 23.7 Å². The van der Waals surface area contributed by atoms with E-state index in [0.717, 1.165) is 31.1 Å². The molecule has 0 bridgehead atoms. The molecule has 1 rings (SSSR count). The van der Waals surface area contributed by atoms with Gasteiger partial charge in [0.05, 0.1) is 11.9 Å². The minimum absolute atomic E-state index is 0.112. The lowest BCUT2D eigenvalue weighted by Gasteiger charge is -2.24. The molecule has 1 aromatic carbocycles. The Labute approximate surface area is 144 Å². The van der Waals surface area contributed by atoms with Crippen LogP contribution in [0.25, 0.3) is 0 Å². The maximum absolute atomic E-state index is 12.0. The molecule has 0 heterocycles. The molecule has 0 saturated carbocycles. The van der Waals surface area contributed by atoms with Crippen LogP contribution in [0, 0.1) is 6.92 Å². The van der Waals surface area contributed by atoms with Gasteiger partial charge in [-0.05, 0) is 37.1 Å². The van der Waals surface area contributed by atoms with Crippen LogP contribution in [0.1, 0.15) is 38.2 Å². The van der Waals surface area contributed by atoms with E-state index in [-0.39, 0.29) is 18.9 Å². The molecule has 1 aromatic rings. The van der Waals surface area contributed by atoms with Crippen molar-refractivity contribution >= 4 is 33.2 Å². The van der Waals surface area contributed by atoms with Crippen molar-refractivity contribution in [2.45, 2.75) is 39.5 Å². The molecule has 1 amide bonds. The number of halogens is 1. The van der Waals surface area contributed by atoms with Crippen LogP contribution in [0.5, 0.6) is 0 Å². The molecule has 0 saturated heterocycles. The molecule has 5 nitrogen and oxygen atoms in total. The quantitative estimate of drug-likeness (QED) is 0.688. The number of unbranched alkanes of at least 4 members (excludes halogenated alkanes) is 2. The summed E-state index contributed by atoms with van der Waals surface area (Å²) in [5.41, 5.74) is 1.31. The van der Waals surface area contributed by atoms with Gasteiger partial charge >= 0.3 is 0 Å². The number of benzene rings is 1. The third-order valence-corrected chi connectivity index (χ3v) is 4.89. The van der Waals surface area contributed by atoms with Crippen LogP contribution in [0.3, 0.4) is 0 Å². The highest BCUT2D eigenvalue weighted by Gasteiger charge is 2.20. The zero-order chi connectivity index (χ0) is 17.5. The summed E-state index contributed by atoms with van der Waals surface area (Å²) in [5.74, 6) is -0.138. The van der Waals surface area contributed by atoms with E-state index in [1.165, 1.54) is 4.31 Å². The van der Waals surface area contributed by atoms with E-state index in [2.05, 4.69) is 12.2 Å². The summed E-state index contributed by atoms with van der Waals surface area (Å²) >= 11 is 5.91. The molecule has 23 heavy (non-hydrogen) atoms. The summed E-state index contributed by atoms with van der Waals surface area (Å²) < 4.78 is 25.3. The molecule has 0 aliphatic heterocycles. The molecule has 0 fully saturated rings. The summed E-state index contributed by atoms with van der Waals surface area (Å²) in [6.07, 6.45) is 4.36. The second kappa shape index (κ2) is 9.13. The van der Waals surface area contributed by atoms with E-state index in [4.69, 9.17) is 11.6 Å². The molecular formula is C16H25ClN2O3S. The molecule has 7 heteroatoms. The van der Waals surface area contributed by atoms with Crippen molar-refractivity contribution in [2.24, 2.45) is 0 Å². The maximum Gasteiger partial charge on any atom is 0.232 e. The zero-order valence-electron chi connectivity index (χ0n) is 13.9. The third-order valence-electron chi connectivity index (χ3n) is 3.47. The van der Waals surface area contributed by atoms with Gasteiger partial charge in [0.15, 0.2) is 0 Å². The normalized spacial score (nSPS) is 11.3. The number of hydrogen-bond donors (Lipinski definition) is 1. The molecule has 1 N–H and O–H groups in total. The standard InChI is InChI=1S/C16H25ClN2O3S/c1-4-5-6-10-18-16(20)9-11-19(23(3,21)22)15-8-7-14(17)12-13(15)2/h7-8,12H,4-6,9-11H2,1-3H3,(H,18,20). The number of sulfonamides is 1. The highest BCUT2D eigenvalue weighted by atomic mass is 35.5. The predicted octanol–water partition coefficient (Wildman–Crippen LogP) is 3.11. The number of nitrogens with zero attached hydrogens (tertiary/aromatic N) is 1. The second-order valence-electron chi connectivity index (χ2n) is 5.57. The second-order valence-corrected chi connectivity index (χ2v) is 7.92. The van der Waals surface area contributed by atoms with Crippen LogP contribution in [-0.2, 0) is 14.8 Å². The fourth-order valence-electron chi connectivity index (χ4n) is 2.26. The van der Waals surface area contributed by atoms with Crippen LogP contribution in [0.4, 0.5) is 5.69 Å². The van der Waals surface area contributed by atoms with E-state index < -0.39 is 10.0 Å². The van der Waals surface area contributed by atoms with Crippen LogP contribution in [0.15, 0.2) is 18.2 Å². The first-order valence-electron chi connectivity index (χ1n) is 7.76. The Morgan fingerprint density at radius 2 is 2.00 bits per heavy atom. The average molecular weight is 361 g/mol. The molecule has 0 aromatic heterocycles. The van der Waals surface area contributed by atoms with Crippen LogP contribution in [-0.4, -0.2) is 33.7 Å². The summed E-state index contributed by atoms with van der Waals surface area (Å²) in [6.45, 7) is 4.64. The molecule has 0 radical (unpaired) electrons. The van der Waals surface area contributed by atoms with Crippen molar-refractivity contribution < 1.29 is 13.2 Å². The number of aryl methyl sites for hydroxylation is 1. The highest BCUT2D eigenvalue weighted by Crippen LogP contribution is 2.25. The first-order chi connectivity index (χ1) is 10.8. The van der Waals surface area contributed by atoms with Gasteiger partial charge in [-0.15, -0.1) is 0 Å². The number of carbonyl (C=O) groups is 1. The molecule has 0 unspecified atom stereocenters. The average Bonchev–Trinajstić information content (AvgIpc) is 2.44. The van der Waals surface area contributed by atoms with Crippen LogP contribution in [0.2, 0.25) is 5.02 Å². The Kier molecular flexibility index (Phi) is 7.85. The number of anilines is 1. The van der Waals surface area contributed by atoms with E-state index in [0.29, 0.717) is 17.3 Å². The van der Waals surface area contributed by atoms with Crippen molar-refractivity contribution in [3.8, 4) is 0 Å². The topological polar surface area (TPSA) is 66.5 Å². The van der Waals surface area contributed by atoms with Gasteiger partial charge in [0.1, 0.15) is 0 Å². The van der Waals surface area contributed by atoms with Gasteiger partial charge < -0.3 is 5.32 Å². The van der Waals surface area contributed by atoms with Crippen molar-refractivity contribution in [1.29, 1.82) is 0 Å². The number of nitrogens with one attached hydrogen (secondary N) is 1.